The van der Waals surface area contributed by atoms with Gasteiger partial charge < -0.3 is 14.6 Å². The highest BCUT2D eigenvalue weighted by molar-refractivity contribution is 6.35. The largest absolute Gasteiger partial charge is 0.506 e. The van der Waals surface area contributed by atoms with Crippen LogP contribution >= 0.6 is 23.2 Å². The van der Waals surface area contributed by atoms with Gasteiger partial charge in [-0.3, -0.25) is 0 Å². The van der Waals surface area contributed by atoms with Crippen molar-refractivity contribution < 1.29 is 14.6 Å². The fraction of sp³-hybridized carbons (Fsp3) is 0.174. The second-order valence-corrected chi connectivity index (χ2v) is 8.05. The first-order valence-corrected chi connectivity index (χ1v) is 10.2. The van der Waals surface area contributed by atoms with E-state index in [0.29, 0.717) is 17.0 Å². The predicted octanol–water partition coefficient (Wildman–Crippen LogP) is 5.95. The predicted molar refractivity (Wildman–Crippen MR) is 117 cm³/mol. The second-order valence-electron chi connectivity index (χ2n) is 7.21. The Balaban J connectivity index is 1.61. The number of benzene rings is 3. The van der Waals surface area contributed by atoms with Crippen LogP contribution in [0.15, 0.2) is 65.8 Å². The third kappa shape index (κ3) is 3.15. The van der Waals surface area contributed by atoms with E-state index >= 15 is 0 Å². The first-order chi connectivity index (χ1) is 14.5. The van der Waals surface area contributed by atoms with Crippen LogP contribution in [0.5, 0.6) is 17.2 Å². The van der Waals surface area contributed by atoms with Gasteiger partial charge in [0.1, 0.15) is 17.2 Å². The van der Waals surface area contributed by atoms with Crippen LogP contribution in [0.2, 0.25) is 10.0 Å². The molecule has 3 aromatic carbocycles. The summed E-state index contributed by atoms with van der Waals surface area (Å²) >= 11 is 12.4. The fourth-order valence-corrected chi connectivity index (χ4v) is 4.48. The summed E-state index contributed by atoms with van der Waals surface area (Å²) in [4.78, 5) is 0. The van der Waals surface area contributed by atoms with Gasteiger partial charge in [-0.1, -0.05) is 41.4 Å². The van der Waals surface area contributed by atoms with Crippen LogP contribution in [0.1, 0.15) is 35.4 Å². The molecule has 2 aliphatic heterocycles. The summed E-state index contributed by atoms with van der Waals surface area (Å²) < 4.78 is 11.5. The van der Waals surface area contributed by atoms with Crippen molar-refractivity contribution in [2.75, 3.05) is 7.11 Å². The third-order valence-electron chi connectivity index (χ3n) is 5.45. The number of methoxy groups -OCH3 is 1. The summed E-state index contributed by atoms with van der Waals surface area (Å²) in [7, 11) is 1.64. The Morgan fingerprint density at radius 1 is 1.07 bits per heavy atom. The second kappa shape index (κ2) is 7.42. The highest BCUT2D eigenvalue weighted by Crippen LogP contribution is 2.49. The first kappa shape index (κ1) is 19.1. The summed E-state index contributed by atoms with van der Waals surface area (Å²) in [6, 6.07) is 18.8. The Kier molecular flexibility index (Phi) is 4.72. The van der Waals surface area contributed by atoms with Gasteiger partial charge in [0.15, 0.2) is 0 Å². The number of halogens is 2. The molecule has 2 atom stereocenters. The number of hydrogen-bond acceptors (Lipinski definition) is 5. The van der Waals surface area contributed by atoms with Gasteiger partial charge in [0.2, 0.25) is 6.23 Å². The number of ether oxygens (including phenoxy) is 2. The van der Waals surface area contributed by atoms with E-state index in [0.717, 1.165) is 28.3 Å². The number of para-hydroxylation sites is 1. The zero-order chi connectivity index (χ0) is 20.8. The van der Waals surface area contributed by atoms with Crippen LogP contribution in [0, 0.1) is 0 Å². The molecule has 3 aromatic rings. The minimum atomic E-state index is -0.656. The Morgan fingerprint density at radius 3 is 2.60 bits per heavy atom. The maximum absolute atomic E-state index is 10.6. The van der Waals surface area contributed by atoms with Gasteiger partial charge in [-0.15, -0.1) is 0 Å². The average Bonchev–Trinajstić information content (AvgIpc) is 3.21. The fourth-order valence-electron chi connectivity index (χ4n) is 3.97. The molecule has 0 aromatic heterocycles. The van der Waals surface area contributed by atoms with Gasteiger partial charge >= 0.3 is 0 Å². The smallest absolute Gasteiger partial charge is 0.217 e. The van der Waals surface area contributed by atoms with E-state index in [-0.39, 0.29) is 16.8 Å². The van der Waals surface area contributed by atoms with Gasteiger partial charge in [-0.05, 0) is 48.0 Å². The van der Waals surface area contributed by atoms with Crippen molar-refractivity contribution in [3.63, 3.8) is 0 Å². The maximum atomic E-state index is 10.6. The lowest BCUT2D eigenvalue weighted by Gasteiger charge is -2.38. The molecule has 30 heavy (non-hydrogen) atoms. The van der Waals surface area contributed by atoms with Crippen LogP contribution in [-0.4, -0.2) is 22.9 Å². The number of hydrogen-bond donors (Lipinski definition) is 1. The molecular formula is C23H18Cl2N2O3. The molecule has 0 radical (unpaired) electrons. The molecule has 5 rings (SSSR count). The van der Waals surface area contributed by atoms with Crippen LogP contribution < -0.4 is 9.47 Å². The molecule has 0 saturated carbocycles. The molecule has 0 aliphatic carbocycles. The van der Waals surface area contributed by atoms with Gasteiger partial charge in [0, 0.05) is 17.0 Å². The Labute approximate surface area is 184 Å². The third-order valence-corrected chi connectivity index (χ3v) is 5.95. The molecule has 0 amide bonds. The van der Waals surface area contributed by atoms with Gasteiger partial charge in [0.25, 0.3) is 0 Å². The lowest BCUT2D eigenvalue weighted by atomic mass is 9.96. The van der Waals surface area contributed by atoms with E-state index in [4.69, 9.17) is 37.8 Å². The quantitative estimate of drug-likeness (QED) is 0.546. The van der Waals surface area contributed by atoms with Crippen molar-refractivity contribution >= 4 is 28.9 Å². The number of rotatable bonds is 3. The van der Waals surface area contributed by atoms with Crippen LogP contribution in [0.4, 0.5) is 0 Å². The van der Waals surface area contributed by atoms with Crippen molar-refractivity contribution in [3.05, 3.63) is 87.4 Å². The Bertz CT molecular complexity index is 1150. The van der Waals surface area contributed by atoms with E-state index in [2.05, 4.69) is 0 Å². The van der Waals surface area contributed by atoms with E-state index in [1.54, 1.807) is 13.2 Å². The molecule has 0 fully saturated rings. The normalized spacial score (nSPS) is 19.6. The monoisotopic (exact) mass is 440 g/mol. The average molecular weight is 441 g/mol. The van der Waals surface area contributed by atoms with Gasteiger partial charge in [-0.2, -0.15) is 5.10 Å². The number of phenols is 1. The topological polar surface area (TPSA) is 54.3 Å². The maximum Gasteiger partial charge on any atom is 0.217 e. The summed E-state index contributed by atoms with van der Waals surface area (Å²) in [5.41, 5.74) is 3.47. The SMILES string of the molecule is COc1ccc(C2=NN3[C@H](C2)c2ccccc2O[C@H]3c2cc(Cl)cc(Cl)c2O)cc1. The Hall–Kier alpha value is -2.89. The summed E-state index contributed by atoms with van der Waals surface area (Å²) in [5, 5.41) is 18.0. The molecule has 152 valence electrons. The molecule has 2 heterocycles. The van der Waals surface area contributed by atoms with Crippen LogP contribution in [0.25, 0.3) is 0 Å². The number of nitrogens with zero attached hydrogens (tertiary/aromatic N) is 2. The van der Waals surface area contributed by atoms with E-state index in [1.807, 2.05) is 53.5 Å². The Morgan fingerprint density at radius 2 is 1.83 bits per heavy atom. The van der Waals surface area contributed by atoms with E-state index in [1.165, 1.54) is 6.07 Å². The molecule has 0 bridgehead atoms. The number of phenolic OH excluding ortho intramolecular Hbond substituents is 1. The zero-order valence-electron chi connectivity index (χ0n) is 16.0. The molecule has 1 N–H and O–H groups in total. The standard InChI is InChI=1S/C23H18Cl2N2O3/c1-29-15-8-6-13(7-9-15)19-12-20-16-4-2-3-5-21(16)30-23(27(20)26-19)17-10-14(24)11-18(25)22(17)28/h2-11,20,23,28H,12H2,1H3/t20-,23+/m1/s1. The van der Waals surface area contributed by atoms with E-state index in [9.17, 15) is 5.11 Å². The number of fused-ring (bicyclic) bond motifs is 3. The minimum absolute atomic E-state index is 0.0331. The molecule has 2 aliphatic rings. The minimum Gasteiger partial charge on any atom is -0.506 e. The van der Waals surface area contributed by atoms with Crippen molar-refractivity contribution in [1.29, 1.82) is 0 Å². The van der Waals surface area contributed by atoms with Crippen molar-refractivity contribution in [3.8, 4) is 17.2 Å². The lowest BCUT2D eigenvalue weighted by molar-refractivity contribution is -0.0203. The van der Waals surface area contributed by atoms with Crippen molar-refractivity contribution in [2.24, 2.45) is 5.10 Å². The van der Waals surface area contributed by atoms with Crippen LogP contribution in [0.3, 0.4) is 0 Å². The molecule has 0 saturated heterocycles. The summed E-state index contributed by atoms with van der Waals surface area (Å²) in [6.07, 6.45) is 0.0509. The number of aromatic hydroxyl groups is 1. The molecule has 0 spiro atoms. The molecule has 7 heteroatoms. The first-order valence-electron chi connectivity index (χ1n) is 9.49. The van der Waals surface area contributed by atoms with Crippen LogP contribution in [-0.2, 0) is 0 Å². The van der Waals surface area contributed by atoms with Crippen molar-refractivity contribution in [1.82, 2.24) is 5.01 Å². The molecule has 0 unspecified atom stereocenters. The highest BCUT2D eigenvalue weighted by Gasteiger charge is 2.42. The molecule has 5 nitrogen and oxygen atoms in total. The molecular weight excluding hydrogens is 423 g/mol. The summed E-state index contributed by atoms with van der Waals surface area (Å²) in [6.45, 7) is 0. The number of hydrazone groups is 1. The lowest BCUT2D eigenvalue weighted by Crippen LogP contribution is -2.33. The zero-order valence-corrected chi connectivity index (χ0v) is 17.6. The van der Waals surface area contributed by atoms with Gasteiger partial charge in [-0.25, -0.2) is 5.01 Å². The van der Waals surface area contributed by atoms with Crippen molar-refractivity contribution in [2.45, 2.75) is 18.7 Å². The summed E-state index contributed by atoms with van der Waals surface area (Å²) in [5.74, 6) is 1.49. The highest BCUT2D eigenvalue weighted by atomic mass is 35.5. The van der Waals surface area contributed by atoms with Gasteiger partial charge in [0.05, 0.1) is 29.4 Å². The van der Waals surface area contributed by atoms with E-state index < -0.39 is 6.23 Å².